The number of anilines is 2. The van der Waals surface area contributed by atoms with E-state index in [0.29, 0.717) is 84.8 Å². The Morgan fingerprint density at radius 1 is 0.562 bits per heavy atom. The number of piperidine rings is 2. The Morgan fingerprint density at radius 2 is 1.03 bits per heavy atom. The van der Waals surface area contributed by atoms with Gasteiger partial charge in [0.15, 0.2) is 33.1 Å². The van der Waals surface area contributed by atoms with Gasteiger partial charge in [-0.1, -0.05) is 24.3 Å². The van der Waals surface area contributed by atoms with Crippen molar-refractivity contribution in [1.82, 2.24) is 54.3 Å². The fourth-order valence-electron chi connectivity index (χ4n) is 15.5. The van der Waals surface area contributed by atoms with Crippen LogP contribution < -0.4 is 9.80 Å². The van der Waals surface area contributed by atoms with E-state index in [4.69, 9.17) is 29.5 Å². The number of carbonyl (C=O) groups is 4. The van der Waals surface area contributed by atoms with Gasteiger partial charge in [0.1, 0.15) is 28.4 Å². The van der Waals surface area contributed by atoms with Gasteiger partial charge in [0, 0.05) is 75.1 Å². The van der Waals surface area contributed by atoms with Crippen molar-refractivity contribution >= 4 is 103 Å². The Hall–Kier alpha value is -7.59. The Kier molecular flexibility index (Phi) is 13.9. The van der Waals surface area contributed by atoms with Crippen LogP contribution in [-0.2, 0) is 26.5 Å². The molecule has 0 N–H and O–H groups in total. The molecule has 8 unspecified atom stereocenters. The van der Waals surface area contributed by atoms with Gasteiger partial charge in [-0.05, 0) is 179 Å². The fraction of sp³-hybridized carbons (Fsp3) is 0.391. The normalized spacial score (nSPS) is 26.3. The van der Waals surface area contributed by atoms with E-state index < -0.39 is 23.5 Å². The summed E-state index contributed by atoms with van der Waals surface area (Å²) < 4.78 is 58.5. The summed E-state index contributed by atoms with van der Waals surface area (Å²) in [7, 11) is 0. The van der Waals surface area contributed by atoms with Crippen LogP contribution in [0.5, 0.6) is 0 Å². The maximum Gasteiger partial charge on any atom is 0.434 e. The van der Waals surface area contributed by atoms with Gasteiger partial charge in [0.25, 0.3) is 23.6 Å². The first-order valence-corrected chi connectivity index (χ1v) is 33.2. The number of hydrogen-bond donors (Lipinski definition) is 0. The number of thiophene rings is 2. The Labute approximate surface area is 529 Å². The molecule has 2 saturated carbocycles. The van der Waals surface area contributed by atoms with Gasteiger partial charge < -0.3 is 19.3 Å². The van der Waals surface area contributed by atoms with Crippen LogP contribution in [0.25, 0.3) is 33.6 Å². The van der Waals surface area contributed by atoms with E-state index in [-0.39, 0.29) is 63.9 Å². The number of imide groups is 2. The van der Waals surface area contributed by atoms with Gasteiger partial charge in [-0.2, -0.15) is 46.0 Å². The van der Waals surface area contributed by atoms with E-state index in [1.165, 1.54) is 27.5 Å². The van der Waals surface area contributed by atoms with Crippen LogP contribution in [0.2, 0.25) is 0 Å². The molecule has 13 heterocycles. The van der Waals surface area contributed by atoms with Crippen molar-refractivity contribution < 1.29 is 41.8 Å². The Balaban J connectivity index is 0.000000146. The molecule has 4 amide bonds. The van der Waals surface area contributed by atoms with Gasteiger partial charge in [0.05, 0.1) is 34.6 Å². The molecular weight excluding hydrogens is 1290 g/mol. The molecule has 8 aliphatic rings. The average Bonchev–Trinajstić information content (AvgIpc) is 1.53. The summed E-state index contributed by atoms with van der Waals surface area (Å²) in [5, 5.41) is 17.8. The van der Waals surface area contributed by atoms with Crippen LogP contribution in [0.1, 0.15) is 122 Å². The number of alkyl halides is 3. The highest BCUT2D eigenvalue weighted by atomic mass is 127. The number of nitrogens with zero attached hydrogens (tertiary/aromatic N) is 13. The molecule has 454 valence electrons. The molecule has 19 nitrogen and oxygen atoms in total. The highest BCUT2D eigenvalue weighted by Crippen LogP contribution is 2.66. The molecule has 6 fully saturated rings. The predicted molar refractivity (Wildman–Crippen MR) is 333 cm³/mol. The molecule has 25 heteroatoms. The number of aromatic nitrogens is 9. The molecule has 0 radical (unpaired) electrons. The molecule has 0 spiro atoms. The SMILES string of the molecule is O=C1c2ccccc2C(=O)N1CC1(c2ccsc2)C2CCN(c3cnc4c(-c5cccnc5C(F)(F)F)nn(C5CCCCO5)c4n3)CC21.O=C1c2ccccc2C(=O)N1CC1(c2ccsc2)C2CCN(c3cnc4c(I)nn(C5CCCCO5)c4n3)CC21. The number of hydrogen-bond acceptors (Lipinski definition) is 17. The molecule has 7 aromatic heterocycles. The van der Waals surface area contributed by atoms with Crippen molar-refractivity contribution in [1.29, 1.82) is 0 Å². The Bertz CT molecular complexity index is 4240. The zero-order valence-electron chi connectivity index (χ0n) is 47.8. The number of rotatable bonds is 11. The number of carbonyl (C=O) groups excluding carboxylic acids is 4. The van der Waals surface area contributed by atoms with Gasteiger partial charge >= 0.3 is 6.18 Å². The standard InChI is InChI=1S/C35H30F3N7O3S.C29H27IN6O3S/c36-35(37,38)30-23(8-5-12-39-30)28-29-31(45(42-28)27-9-3-4-14-48-27)41-26(16-40-29)43-13-10-24-25(17-43)34(24,20-11-15-49-18-20)19-44-32(46)21-6-1-2-7-22(21)33(44)47;30-25-24-26(36(33-25)23-7-3-4-11-39-23)32-22(13-31-24)34-10-8-20-21(14-34)29(20,17-9-12-40-15-17)16-35-27(37)18-5-1-2-6-19(18)28(35)38/h1-2,5-8,11-12,15-16,18,24-25,27H,3-4,9-10,13-14,17,19H2;1-2,5-6,9,12-13,15,20-21,23H,3-4,7-8,10-11,14,16H2. The van der Waals surface area contributed by atoms with Crippen LogP contribution in [-0.4, -0.2) is 130 Å². The van der Waals surface area contributed by atoms with Crippen LogP contribution >= 0.6 is 45.3 Å². The van der Waals surface area contributed by atoms with Gasteiger partial charge in [-0.25, -0.2) is 29.3 Å². The van der Waals surface area contributed by atoms with E-state index in [0.717, 1.165) is 97.1 Å². The number of pyridine rings is 1. The zero-order chi connectivity index (χ0) is 60.5. The molecule has 8 atom stereocenters. The summed E-state index contributed by atoms with van der Waals surface area (Å²) in [5.41, 5.74) is 4.65. The molecule has 2 aliphatic carbocycles. The number of halogens is 4. The van der Waals surface area contributed by atoms with E-state index >= 15 is 0 Å². The molecule has 89 heavy (non-hydrogen) atoms. The summed E-state index contributed by atoms with van der Waals surface area (Å²) in [6.45, 7) is 4.89. The maximum atomic E-state index is 14.0. The lowest BCUT2D eigenvalue weighted by molar-refractivity contribution is -0.140. The topological polar surface area (TPSA) is 200 Å². The molecule has 2 aromatic carbocycles. The Morgan fingerprint density at radius 3 is 1.49 bits per heavy atom. The summed E-state index contributed by atoms with van der Waals surface area (Å²) in [5.74, 6) is 1.66. The molecule has 4 saturated heterocycles. The predicted octanol–water partition coefficient (Wildman–Crippen LogP) is 11.2. The van der Waals surface area contributed by atoms with Crippen LogP contribution in [0.4, 0.5) is 24.8 Å². The van der Waals surface area contributed by atoms with E-state index in [1.54, 1.807) is 70.0 Å². The third-order valence-corrected chi connectivity index (χ3v) is 22.0. The minimum Gasteiger partial charge on any atom is -0.356 e. The lowest BCUT2D eigenvalue weighted by Crippen LogP contribution is -2.39. The van der Waals surface area contributed by atoms with Gasteiger partial charge in [0.2, 0.25) is 0 Å². The lowest BCUT2D eigenvalue weighted by atomic mass is 9.92. The van der Waals surface area contributed by atoms with E-state index in [1.807, 2.05) is 28.4 Å². The summed E-state index contributed by atoms with van der Waals surface area (Å²) in [6, 6.07) is 21.2. The second-order valence-electron chi connectivity index (χ2n) is 24.4. The maximum absolute atomic E-state index is 14.0. The van der Waals surface area contributed by atoms with Crippen molar-refractivity contribution in [2.24, 2.45) is 23.7 Å². The van der Waals surface area contributed by atoms with Crippen molar-refractivity contribution in [2.45, 2.75) is 80.8 Å². The molecule has 9 aromatic rings. The van der Waals surface area contributed by atoms with E-state index in [9.17, 15) is 32.3 Å². The third kappa shape index (κ3) is 9.23. The zero-order valence-corrected chi connectivity index (χ0v) is 51.6. The molecule has 6 aliphatic heterocycles. The molecule has 0 bridgehead atoms. The smallest absolute Gasteiger partial charge is 0.356 e. The van der Waals surface area contributed by atoms with E-state index in [2.05, 4.69) is 75.7 Å². The minimum atomic E-state index is -4.68. The first-order chi connectivity index (χ1) is 43.3. The quantitative estimate of drug-likeness (QED) is 0.0874. The fourth-order valence-corrected chi connectivity index (χ4v) is 17.6. The molecular formula is C64H57F3IN13O6S2. The highest BCUT2D eigenvalue weighted by Gasteiger charge is 2.69. The van der Waals surface area contributed by atoms with Crippen molar-refractivity contribution in [3.63, 3.8) is 0 Å². The monoisotopic (exact) mass is 1350 g/mol. The highest BCUT2D eigenvalue weighted by molar-refractivity contribution is 14.1. The van der Waals surface area contributed by atoms with Crippen LogP contribution in [0.3, 0.4) is 0 Å². The molecule has 17 rings (SSSR count). The summed E-state index contributed by atoms with van der Waals surface area (Å²) in [6.07, 6.45) is 6.62. The summed E-state index contributed by atoms with van der Waals surface area (Å²) >= 11 is 5.49. The minimum absolute atomic E-state index is 0.0574. The summed E-state index contributed by atoms with van der Waals surface area (Å²) in [4.78, 5) is 84.1. The second-order valence-corrected chi connectivity index (χ2v) is 26.9. The number of amides is 4. The van der Waals surface area contributed by atoms with Gasteiger partial charge in [-0.15, -0.1) is 0 Å². The lowest BCUT2D eigenvalue weighted by Gasteiger charge is -2.27. The van der Waals surface area contributed by atoms with Crippen molar-refractivity contribution in [3.05, 3.63) is 156 Å². The average molecular weight is 1350 g/mol. The van der Waals surface area contributed by atoms with Crippen LogP contribution in [0, 0.1) is 27.4 Å². The van der Waals surface area contributed by atoms with Crippen LogP contribution in [0.15, 0.2) is 113 Å². The first kappa shape index (κ1) is 56.6. The first-order valence-electron chi connectivity index (χ1n) is 30.2. The number of ether oxygens (including phenoxy) is 2. The third-order valence-electron chi connectivity index (χ3n) is 19.9. The number of fused-ring (bicyclic) bond motifs is 6. The second kappa shape index (κ2) is 21.8. The largest absolute Gasteiger partial charge is 0.434 e. The van der Waals surface area contributed by atoms with Crippen molar-refractivity contribution in [2.75, 3.05) is 62.3 Å². The van der Waals surface area contributed by atoms with Gasteiger partial charge in [-0.3, -0.25) is 34.0 Å². The van der Waals surface area contributed by atoms with Crippen molar-refractivity contribution in [3.8, 4) is 11.3 Å². The number of benzene rings is 2.